The zero-order valence-electron chi connectivity index (χ0n) is 25.5. The molecule has 4 aromatic rings. The van der Waals surface area contributed by atoms with Gasteiger partial charge in [-0.2, -0.15) is 0 Å². The largest absolute Gasteiger partial charge is 0.456 e. The number of benzene rings is 4. The molecule has 0 aliphatic carbocycles. The summed E-state index contributed by atoms with van der Waals surface area (Å²) in [5.41, 5.74) is 2.90. The molecule has 0 saturated carbocycles. The molecular weight excluding hydrogens is 541 g/mol. The molecule has 2 atom stereocenters. The topological polar surface area (TPSA) is 38.3 Å². The van der Waals surface area contributed by atoms with Gasteiger partial charge in [0, 0.05) is 27.4 Å². The summed E-state index contributed by atoms with van der Waals surface area (Å²) in [6.45, 7) is 17.2. The van der Waals surface area contributed by atoms with Gasteiger partial charge in [0.1, 0.15) is 11.5 Å². The Bertz CT molecular complexity index is 1510. The molecule has 1 aliphatic heterocycles. The van der Waals surface area contributed by atoms with Crippen LogP contribution in [-0.2, 0) is 16.4 Å². The van der Waals surface area contributed by atoms with Gasteiger partial charge < -0.3 is 4.74 Å². The molecule has 0 saturated heterocycles. The molecule has 1 N–H and O–H groups in total. The van der Waals surface area contributed by atoms with E-state index in [-0.39, 0.29) is 21.6 Å². The Labute approximate surface area is 250 Å². The fraction of sp³-hybridized carbons (Fsp3) is 0.333. The van der Waals surface area contributed by atoms with Crippen LogP contribution in [0.4, 0.5) is 0 Å². The Kier molecular flexibility index (Phi) is 8.07. The van der Waals surface area contributed by atoms with Crippen LogP contribution in [0.5, 0.6) is 11.5 Å². The number of nitrogens with one attached hydrogen (secondary N) is 1. The van der Waals surface area contributed by atoms with Crippen molar-refractivity contribution >= 4 is 34.8 Å². The molecule has 0 radical (unpaired) electrons. The molecular formula is C36H42NO2PS. The SMILES string of the molecule is CC1(C)c2cccc([C@@H](N[S@](=O)C(C)(C)C)C(C)(C)C)c2Oc2c(P(c3ccccc3)c3ccccc3)cccc21. The highest BCUT2D eigenvalue weighted by Crippen LogP contribution is 2.53. The van der Waals surface area contributed by atoms with E-state index in [1.165, 1.54) is 21.5 Å². The van der Waals surface area contributed by atoms with Crippen LogP contribution in [0.1, 0.15) is 78.1 Å². The van der Waals surface area contributed by atoms with Gasteiger partial charge in [0.25, 0.3) is 0 Å². The van der Waals surface area contributed by atoms with Gasteiger partial charge in [-0.05, 0) is 44.7 Å². The van der Waals surface area contributed by atoms with E-state index < -0.39 is 18.9 Å². The fourth-order valence-electron chi connectivity index (χ4n) is 5.51. The van der Waals surface area contributed by atoms with Crippen LogP contribution >= 0.6 is 7.92 Å². The zero-order chi connectivity index (χ0) is 29.6. The predicted molar refractivity (Wildman–Crippen MR) is 177 cm³/mol. The zero-order valence-corrected chi connectivity index (χ0v) is 27.2. The van der Waals surface area contributed by atoms with E-state index in [0.29, 0.717) is 0 Å². The molecule has 0 aromatic heterocycles. The van der Waals surface area contributed by atoms with E-state index in [1.54, 1.807) is 0 Å². The smallest absolute Gasteiger partial charge is 0.139 e. The lowest BCUT2D eigenvalue weighted by molar-refractivity contribution is 0.297. The molecule has 1 heterocycles. The summed E-state index contributed by atoms with van der Waals surface area (Å²) in [7, 11) is -2.10. The highest BCUT2D eigenvalue weighted by atomic mass is 32.2. The third-order valence-electron chi connectivity index (χ3n) is 7.82. The van der Waals surface area contributed by atoms with Gasteiger partial charge in [0.15, 0.2) is 0 Å². The minimum atomic E-state index is -1.24. The third-order valence-corrected chi connectivity index (χ3v) is 11.8. The Morgan fingerprint density at radius 3 is 1.73 bits per heavy atom. The summed E-state index contributed by atoms with van der Waals surface area (Å²) in [6, 6.07) is 34.5. The molecule has 0 spiro atoms. The van der Waals surface area contributed by atoms with Crippen molar-refractivity contribution < 1.29 is 8.95 Å². The summed E-state index contributed by atoms with van der Waals surface area (Å²) >= 11 is 0. The van der Waals surface area contributed by atoms with Gasteiger partial charge in [-0.15, -0.1) is 0 Å². The summed E-state index contributed by atoms with van der Waals surface area (Å²) < 4.78 is 23.6. The second kappa shape index (κ2) is 11.1. The van der Waals surface area contributed by atoms with Crippen molar-refractivity contribution in [1.82, 2.24) is 4.72 Å². The van der Waals surface area contributed by atoms with Crippen LogP contribution in [0.15, 0.2) is 97.1 Å². The van der Waals surface area contributed by atoms with Crippen molar-refractivity contribution in [3.05, 3.63) is 114 Å². The van der Waals surface area contributed by atoms with Crippen LogP contribution in [0, 0.1) is 5.41 Å². The lowest BCUT2D eigenvalue weighted by atomic mass is 9.73. The monoisotopic (exact) mass is 583 g/mol. The van der Waals surface area contributed by atoms with Crippen molar-refractivity contribution in [3.8, 4) is 11.5 Å². The first-order chi connectivity index (χ1) is 19.3. The number of hydrogen-bond donors (Lipinski definition) is 1. The number of hydrogen-bond acceptors (Lipinski definition) is 2. The Hall–Kier alpha value is -2.78. The maximum atomic E-state index is 13.4. The first-order valence-electron chi connectivity index (χ1n) is 14.3. The lowest BCUT2D eigenvalue weighted by Crippen LogP contribution is -2.41. The molecule has 3 nitrogen and oxygen atoms in total. The first kappa shape index (κ1) is 29.7. The standard InChI is InChI=1S/C36H42NO2PS/c1-34(2,3)33(37-41(38)35(4,5)6)27-21-15-22-28-31(27)39-32-29(36(28,7)8)23-16-24-30(32)40(25-17-11-9-12-18-25)26-19-13-10-14-20-26/h9-24,33,37H,1-8H3/t33-,41-/m1/s1. The second-order valence-electron chi connectivity index (χ2n) is 13.4. The summed E-state index contributed by atoms with van der Waals surface area (Å²) in [5.74, 6) is 1.83. The van der Waals surface area contributed by atoms with E-state index in [0.717, 1.165) is 22.6 Å². The van der Waals surface area contributed by atoms with Crippen LogP contribution in [0.3, 0.4) is 0 Å². The van der Waals surface area contributed by atoms with E-state index in [4.69, 9.17) is 4.74 Å². The molecule has 214 valence electrons. The quantitative estimate of drug-likeness (QED) is 0.234. The number of ether oxygens (including phenoxy) is 1. The highest BCUT2D eigenvalue weighted by molar-refractivity contribution is 7.84. The summed E-state index contributed by atoms with van der Waals surface area (Å²) in [5, 5.41) is 3.79. The molecule has 0 amide bonds. The predicted octanol–water partition coefficient (Wildman–Crippen LogP) is 8.02. The first-order valence-corrected chi connectivity index (χ1v) is 16.8. The lowest BCUT2D eigenvalue weighted by Gasteiger charge is -2.40. The molecule has 0 fully saturated rings. The van der Waals surface area contributed by atoms with Gasteiger partial charge in [-0.25, -0.2) is 8.93 Å². The van der Waals surface area contributed by atoms with E-state index >= 15 is 0 Å². The molecule has 0 bridgehead atoms. The summed E-state index contributed by atoms with van der Waals surface area (Å²) in [6.07, 6.45) is 0. The van der Waals surface area contributed by atoms with Crippen molar-refractivity contribution in [1.29, 1.82) is 0 Å². The molecule has 1 aliphatic rings. The van der Waals surface area contributed by atoms with Gasteiger partial charge in [-0.3, -0.25) is 0 Å². The van der Waals surface area contributed by atoms with Crippen molar-refractivity contribution in [3.63, 3.8) is 0 Å². The minimum Gasteiger partial charge on any atom is -0.456 e. The van der Waals surface area contributed by atoms with E-state index in [9.17, 15) is 4.21 Å². The maximum absolute atomic E-state index is 13.4. The number of rotatable bonds is 6. The number of para-hydroxylation sites is 2. The molecule has 5 heteroatoms. The van der Waals surface area contributed by atoms with Gasteiger partial charge in [-0.1, -0.05) is 132 Å². The minimum absolute atomic E-state index is 0.174. The van der Waals surface area contributed by atoms with Crippen LogP contribution in [0.2, 0.25) is 0 Å². The van der Waals surface area contributed by atoms with Gasteiger partial charge >= 0.3 is 0 Å². The average molecular weight is 584 g/mol. The summed E-state index contributed by atoms with van der Waals surface area (Å²) in [4.78, 5) is 0. The Morgan fingerprint density at radius 1 is 0.707 bits per heavy atom. The fourth-order valence-corrected chi connectivity index (χ4v) is 8.96. The van der Waals surface area contributed by atoms with Crippen LogP contribution in [-0.4, -0.2) is 8.96 Å². The molecule has 41 heavy (non-hydrogen) atoms. The number of fused-ring (bicyclic) bond motifs is 2. The van der Waals surface area contributed by atoms with E-state index in [2.05, 4.69) is 136 Å². The van der Waals surface area contributed by atoms with Crippen molar-refractivity contribution in [2.45, 2.75) is 71.6 Å². The second-order valence-corrected chi connectivity index (χ2v) is 17.6. The van der Waals surface area contributed by atoms with Crippen LogP contribution < -0.4 is 25.4 Å². The third kappa shape index (κ3) is 5.80. The van der Waals surface area contributed by atoms with Crippen molar-refractivity contribution in [2.75, 3.05) is 0 Å². The Balaban J connectivity index is 1.71. The van der Waals surface area contributed by atoms with Gasteiger partial charge in [0.05, 0.1) is 21.8 Å². The average Bonchev–Trinajstić information content (AvgIpc) is 2.92. The van der Waals surface area contributed by atoms with E-state index in [1.807, 2.05) is 20.8 Å². The highest BCUT2D eigenvalue weighted by Gasteiger charge is 2.41. The maximum Gasteiger partial charge on any atom is 0.139 e. The normalized spacial score (nSPS) is 15.9. The molecule has 0 unspecified atom stereocenters. The Morgan fingerprint density at radius 2 is 1.22 bits per heavy atom. The van der Waals surface area contributed by atoms with Crippen molar-refractivity contribution in [2.24, 2.45) is 5.41 Å². The van der Waals surface area contributed by atoms with Gasteiger partial charge in [0.2, 0.25) is 0 Å². The van der Waals surface area contributed by atoms with Crippen LogP contribution in [0.25, 0.3) is 0 Å². The molecule has 4 aromatic carbocycles. The molecule has 5 rings (SSSR count).